The molecule has 22 nitrogen and oxygen atoms in total. The first-order chi connectivity index (χ1) is 42.6. The molecule has 8 N–H and O–H groups in total. The largest absolute Gasteiger partial charge is 0.399 e. The van der Waals surface area contributed by atoms with Gasteiger partial charge in [-0.3, -0.25) is 57.9 Å². The van der Waals surface area contributed by atoms with Crippen LogP contribution in [0.5, 0.6) is 0 Å². The standard InChI is InChI=1S/C64H79F2N10O12PS/c1-63(2,3)42-15-13-39(14-16-42)33-48(61(84)74-29-25-38(26-30-74)9-6-7-10-40-11-8-12-45-46(40)36-75(60(45)83)50-21-24-55(78)71-57(50)80)69-56(79)47(19-23-54(67)77)68-58(81)51-20-18-44-27-28-73(32-31-72(4)5)37-49(62(85)76(44)51)70-59(82)53-35-41-34-43(17-22-52(41)90-53)64(65,66)89(86,87)88/h8,11-17,22,34-35,38,44,47-51H,6,9,18-21,23-33,36-37H2,1-5H3,(H2,67,77)(H,68,81)(H,69,79)(H,70,82)(H,71,78,80)(H2,86,87,88)/t44-,47+,48+,49+,50?,51+/m1/s1. The summed E-state index contributed by atoms with van der Waals surface area (Å²) in [7, 11) is -2.08. The minimum absolute atomic E-state index is 0.0330. The van der Waals surface area contributed by atoms with Crippen LogP contribution in [0.4, 0.5) is 8.78 Å². The van der Waals surface area contributed by atoms with Gasteiger partial charge in [-0.2, -0.15) is 8.78 Å². The van der Waals surface area contributed by atoms with Crippen molar-refractivity contribution in [1.29, 1.82) is 0 Å². The molecule has 0 radical (unpaired) electrons. The molecule has 0 spiro atoms. The number of imide groups is 1. The molecular weight excluding hydrogens is 1200 g/mol. The minimum Gasteiger partial charge on any atom is -0.370 e. The first-order valence-electron chi connectivity index (χ1n) is 30.6. The molecule has 26 heteroatoms. The molecule has 9 rings (SSSR count). The van der Waals surface area contributed by atoms with Gasteiger partial charge in [-0.05, 0) is 129 Å². The highest BCUT2D eigenvalue weighted by Crippen LogP contribution is 2.59. The maximum absolute atomic E-state index is 15.0. The maximum Gasteiger partial charge on any atom is 0.399 e. The lowest BCUT2D eigenvalue weighted by Gasteiger charge is -2.39. The monoisotopic (exact) mass is 1280 g/mol. The molecule has 0 aliphatic carbocycles. The zero-order valence-electron chi connectivity index (χ0n) is 51.2. The fraction of sp³-hybridized carbons (Fsp3) is 0.516. The van der Waals surface area contributed by atoms with E-state index in [0.29, 0.717) is 80.7 Å². The van der Waals surface area contributed by atoms with Crippen molar-refractivity contribution in [3.63, 3.8) is 0 Å². The number of hydrogen-bond acceptors (Lipinski definition) is 13. The molecule has 482 valence electrons. The number of likely N-dealkylation sites (N-methyl/N-ethyl adjacent to an activating group) is 1. The number of piperidine rings is 2. The second-order valence-electron chi connectivity index (χ2n) is 25.5. The number of carbonyl (C=O) groups is 9. The first kappa shape index (κ1) is 66.9. The lowest BCUT2D eigenvalue weighted by molar-refractivity contribution is -0.144. The van der Waals surface area contributed by atoms with Crippen LogP contribution >= 0.6 is 18.9 Å². The van der Waals surface area contributed by atoms with Crippen molar-refractivity contribution in [2.75, 3.05) is 53.4 Å². The summed E-state index contributed by atoms with van der Waals surface area (Å²) in [6.45, 7) is 8.94. The predicted molar refractivity (Wildman–Crippen MR) is 331 cm³/mol. The van der Waals surface area contributed by atoms with E-state index in [9.17, 15) is 66.3 Å². The van der Waals surface area contributed by atoms with E-state index in [2.05, 4.69) is 53.9 Å². The van der Waals surface area contributed by atoms with E-state index >= 15 is 0 Å². The molecule has 6 heterocycles. The molecule has 0 saturated carbocycles. The van der Waals surface area contributed by atoms with Gasteiger partial charge in [0.1, 0.15) is 30.2 Å². The van der Waals surface area contributed by atoms with Crippen LogP contribution in [-0.2, 0) is 62.2 Å². The van der Waals surface area contributed by atoms with Crippen molar-refractivity contribution in [3.8, 4) is 11.8 Å². The van der Waals surface area contributed by atoms with E-state index in [0.717, 1.165) is 46.6 Å². The van der Waals surface area contributed by atoms with Gasteiger partial charge in [-0.25, -0.2) is 0 Å². The molecular formula is C64H79F2N10O12PS. The predicted octanol–water partition coefficient (Wildman–Crippen LogP) is 4.46. The fourth-order valence-electron chi connectivity index (χ4n) is 12.6. The molecule has 3 aromatic carbocycles. The molecule has 5 aliphatic rings. The van der Waals surface area contributed by atoms with Gasteiger partial charge in [0.05, 0.1) is 4.88 Å². The number of alkyl halides is 2. The summed E-state index contributed by atoms with van der Waals surface area (Å²) in [5.41, 5.74) is 3.80. The van der Waals surface area contributed by atoms with Gasteiger partial charge in [0.2, 0.25) is 41.4 Å². The van der Waals surface area contributed by atoms with Crippen molar-refractivity contribution in [3.05, 3.63) is 105 Å². The van der Waals surface area contributed by atoms with Crippen LogP contribution in [0.1, 0.15) is 139 Å². The Morgan fingerprint density at radius 3 is 2.29 bits per heavy atom. The number of hydrogen-bond donors (Lipinski definition) is 7. The highest BCUT2D eigenvalue weighted by molar-refractivity contribution is 7.52. The van der Waals surface area contributed by atoms with E-state index in [-0.39, 0.29) is 90.9 Å². The summed E-state index contributed by atoms with van der Waals surface area (Å²) < 4.78 is 41.5. The lowest BCUT2D eigenvalue weighted by atomic mass is 9.86. The van der Waals surface area contributed by atoms with Crippen LogP contribution in [0.25, 0.3) is 10.1 Å². The highest BCUT2D eigenvalue weighted by atomic mass is 32.1. The van der Waals surface area contributed by atoms with Gasteiger partial charge in [-0.1, -0.05) is 69.0 Å². The number of likely N-dealkylation sites (tertiary alicyclic amines) is 1. The number of amides is 9. The second kappa shape index (κ2) is 28.0. The Hall–Kier alpha value is -7.46. The summed E-state index contributed by atoms with van der Waals surface area (Å²) in [4.78, 5) is 151. The summed E-state index contributed by atoms with van der Waals surface area (Å²) in [5.74, 6) is 1.83. The van der Waals surface area contributed by atoms with Crippen LogP contribution in [0, 0.1) is 17.8 Å². The number of thiophene rings is 1. The topological polar surface area (TPSA) is 302 Å². The average molecular weight is 1280 g/mol. The van der Waals surface area contributed by atoms with Crippen molar-refractivity contribution >= 4 is 82.2 Å². The molecule has 4 aromatic rings. The number of halogens is 2. The summed E-state index contributed by atoms with van der Waals surface area (Å²) in [6.07, 6.45) is 3.67. The maximum atomic E-state index is 15.0. The fourth-order valence-corrected chi connectivity index (χ4v) is 14.0. The lowest BCUT2D eigenvalue weighted by Crippen LogP contribution is -2.62. The molecule has 1 unspecified atom stereocenters. The number of benzene rings is 3. The molecule has 4 fully saturated rings. The van der Waals surface area contributed by atoms with Crippen LogP contribution in [0.3, 0.4) is 0 Å². The third-order valence-corrected chi connectivity index (χ3v) is 19.9. The second-order valence-corrected chi connectivity index (χ2v) is 28.2. The molecule has 5 aliphatic heterocycles. The van der Waals surface area contributed by atoms with Crippen molar-refractivity contribution in [1.82, 2.24) is 45.8 Å². The minimum atomic E-state index is -5.89. The van der Waals surface area contributed by atoms with Crippen LogP contribution in [0.15, 0.2) is 66.7 Å². The van der Waals surface area contributed by atoms with Crippen LogP contribution < -0.4 is 27.0 Å². The number of rotatable bonds is 20. The average Bonchev–Trinajstić information content (AvgIpc) is 1.88. The SMILES string of the molecule is CN(C)CCN1CC[C@H]2CC[C@@H](C(=O)N[C@@H](CCC(N)=O)C(=O)N[C@@H](Cc3ccc(C(C)(C)C)cc3)C(=O)N3CCC(CCC#Cc4cccc5c4CN(C4CCC(=O)NC4=O)C5=O)CC3)N2C(=O)[C@@H](NC(=O)c2cc3cc(C(F)(F)P(=O)(O)O)ccc3s2)C1. The zero-order chi connectivity index (χ0) is 65.0. The van der Waals surface area contributed by atoms with Gasteiger partial charge in [0.15, 0.2) is 0 Å². The van der Waals surface area contributed by atoms with Crippen LogP contribution in [-0.4, -0.2) is 177 Å². The number of primary amides is 1. The Kier molecular flexibility index (Phi) is 20.8. The zero-order valence-corrected chi connectivity index (χ0v) is 52.9. The highest BCUT2D eigenvalue weighted by Gasteiger charge is 2.51. The number of nitrogens with zero attached hydrogens (tertiary/aromatic N) is 5. The summed E-state index contributed by atoms with van der Waals surface area (Å²) in [6, 6.07) is 11.4. The molecule has 9 amide bonds. The Bertz CT molecular complexity index is 3550. The van der Waals surface area contributed by atoms with E-state index in [1.165, 1.54) is 21.9 Å². The molecule has 6 atom stereocenters. The van der Waals surface area contributed by atoms with Crippen molar-refractivity contribution < 1.29 is 66.3 Å². The Labute approximate surface area is 525 Å². The number of fused-ring (bicyclic) bond motifs is 3. The van der Waals surface area contributed by atoms with E-state index in [1.807, 2.05) is 54.2 Å². The summed E-state index contributed by atoms with van der Waals surface area (Å²) >= 11 is 0.931. The number of nitrogens with two attached hydrogens (primary N) is 1. The third kappa shape index (κ3) is 15.6. The Morgan fingerprint density at radius 1 is 0.889 bits per heavy atom. The van der Waals surface area contributed by atoms with E-state index in [1.54, 1.807) is 17.0 Å². The smallest absolute Gasteiger partial charge is 0.370 e. The van der Waals surface area contributed by atoms with Gasteiger partial charge in [0, 0.05) is 98.9 Å². The molecule has 0 bridgehead atoms. The molecule has 90 heavy (non-hydrogen) atoms. The van der Waals surface area contributed by atoms with Gasteiger partial charge in [-0.15, -0.1) is 11.3 Å². The Morgan fingerprint density at radius 2 is 1.61 bits per heavy atom. The third-order valence-electron chi connectivity index (χ3n) is 17.8. The van der Waals surface area contributed by atoms with Crippen LogP contribution in [0.2, 0.25) is 0 Å². The van der Waals surface area contributed by atoms with Crippen molar-refractivity contribution in [2.45, 2.75) is 152 Å². The van der Waals surface area contributed by atoms with Gasteiger partial charge >= 0.3 is 13.3 Å². The van der Waals surface area contributed by atoms with Gasteiger partial charge in [0.25, 0.3) is 11.8 Å². The van der Waals surface area contributed by atoms with Crippen molar-refractivity contribution in [2.24, 2.45) is 11.7 Å². The van der Waals surface area contributed by atoms with E-state index in [4.69, 9.17) is 5.73 Å². The molecule has 1 aromatic heterocycles. The normalized spacial score (nSPS) is 21.0. The van der Waals surface area contributed by atoms with Gasteiger partial charge < -0.3 is 51.1 Å². The number of nitrogens with one attached hydrogen (secondary N) is 4. The molecule has 4 saturated heterocycles. The van der Waals surface area contributed by atoms with E-state index < -0.39 is 90.5 Å². The quantitative estimate of drug-likeness (QED) is 0.0365. The summed E-state index contributed by atoms with van der Waals surface area (Å²) in [5, 5.41) is 11.0. The first-order valence-corrected chi connectivity index (χ1v) is 33.0. The Balaban J connectivity index is 0.878. The number of carbonyl (C=O) groups excluding carboxylic acids is 9.